The summed E-state index contributed by atoms with van der Waals surface area (Å²) < 4.78 is 28.5. The van der Waals surface area contributed by atoms with Gasteiger partial charge in [-0.2, -0.15) is 0 Å². The summed E-state index contributed by atoms with van der Waals surface area (Å²) in [6.07, 6.45) is 0.737. The molecule has 0 aliphatic carbocycles. The summed E-state index contributed by atoms with van der Waals surface area (Å²) >= 11 is 12.6. The van der Waals surface area contributed by atoms with Gasteiger partial charge in [0.15, 0.2) is 0 Å². The molecule has 0 spiro atoms. The van der Waals surface area contributed by atoms with Crippen molar-refractivity contribution in [3.05, 3.63) is 94.0 Å². The number of hydrogen-bond donors (Lipinski definition) is 1. The van der Waals surface area contributed by atoms with E-state index in [1.54, 1.807) is 25.1 Å². The number of carbonyl (C=O) groups excluding carboxylic acids is 2. The number of halogens is 2. The van der Waals surface area contributed by atoms with Gasteiger partial charge in [-0.25, -0.2) is 8.42 Å². The van der Waals surface area contributed by atoms with Crippen molar-refractivity contribution < 1.29 is 18.0 Å². The Hall–Kier alpha value is -3.07. The van der Waals surface area contributed by atoms with Crippen molar-refractivity contribution in [2.75, 3.05) is 17.4 Å². The van der Waals surface area contributed by atoms with Crippen LogP contribution in [0.15, 0.2) is 77.7 Å². The molecule has 0 saturated heterocycles. The van der Waals surface area contributed by atoms with Crippen molar-refractivity contribution in [3.8, 4) is 0 Å². The predicted octanol–water partition coefficient (Wildman–Crippen LogP) is 5.44. The van der Waals surface area contributed by atoms with Crippen LogP contribution in [0.3, 0.4) is 0 Å². The topological polar surface area (TPSA) is 86.8 Å². The van der Waals surface area contributed by atoms with Crippen molar-refractivity contribution >= 4 is 50.7 Å². The van der Waals surface area contributed by atoms with Crippen LogP contribution in [0.25, 0.3) is 0 Å². The third kappa shape index (κ3) is 7.07. The molecule has 0 heterocycles. The molecule has 0 fully saturated rings. The number of aryl methyl sites for hydroxylation is 1. The molecule has 1 atom stereocenters. The Bertz CT molecular complexity index is 1380. The molecule has 0 unspecified atom stereocenters. The maximum atomic E-state index is 13.9. The quantitative estimate of drug-likeness (QED) is 0.330. The van der Waals surface area contributed by atoms with Crippen molar-refractivity contribution in [1.82, 2.24) is 10.2 Å². The summed E-state index contributed by atoms with van der Waals surface area (Å²) in [6.45, 7) is 5.47. The molecule has 202 valence electrons. The van der Waals surface area contributed by atoms with Gasteiger partial charge in [-0.1, -0.05) is 72.6 Å². The monoisotopic (exact) mass is 575 g/mol. The number of anilines is 1. The normalized spacial score (nSPS) is 12.0. The highest BCUT2D eigenvalue weighted by Gasteiger charge is 2.33. The van der Waals surface area contributed by atoms with Crippen molar-refractivity contribution in [3.63, 3.8) is 0 Å². The summed E-state index contributed by atoms with van der Waals surface area (Å²) in [4.78, 5) is 28.2. The minimum Gasteiger partial charge on any atom is -0.354 e. The lowest BCUT2D eigenvalue weighted by Gasteiger charge is -2.32. The zero-order chi connectivity index (χ0) is 27.9. The van der Waals surface area contributed by atoms with E-state index in [9.17, 15) is 18.0 Å². The Balaban J connectivity index is 2.06. The first kappa shape index (κ1) is 29.5. The predicted molar refractivity (Wildman–Crippen MR) is 152 cm³/mol. The molecule has 3 aromatic rings. The van der Waals surface area contributed by atoms with Gasteiger partial charge in [0.2, 0.25) is 11.8 Å². The molecule has 10 heteroatoms. The first-order valence-electron chi connectivity index (χ1n) is 12.2. The van der Waals surface area contributed by atoms with Crippen LogP contribution in [-0.4, -0.2) is 44.3 Å². The summed E-state index contributed by atoms with van der Waals surface area (Å²) in [5.41, 5.74) is 1.85. The molecule has 7 nitrogen and oxygen atoms in total. The van der Waals surface area contributed by atoms with Crippen molar-refractivity contribution in [2.45, 2.75) is 44.7 Å². The van der Waals surface area contributed by atoms with Gasteiger partial charge in [0.05, 0.1) is 15.6 Å². The number of benzene rings is 3. The standard InChI is InChI=1S/C28H31Cl2N3O4S/c1-4-16-31-28(35)21(3)32(18-22-11-9-8-10-20(22)2)27(34)19-33(26-17-23(29)14-15-25(26)30)38(36,37)24-12-6-5-7-13-24/h5-15,17,21H,4,16,18-19H2,1-3H3,(H,31,35)/t21-/m1/s1. The summed E-state index contributed by atoms with van der Waals surface area (Å²) in [6, 6.07) is 18.9. The second-order valence-corrected chi connectivity index (χ2v) is 11.5. The molecule has 38 heavy (non-hydrogen) atoms. The van der Waals surface area contributed by atoms with Crippen LogP contribution in [0.4, 0.5) is 5.69 Å². The molecule has 0 aromatic heterocycles. The van der Waals surface area contributed by atoms with E-state index in [1.165, 1.54) is 35.2 Å². The molecule has 3 rings (SSSR count). The fourth-order valence-electron chi connectivity index (χ4n) is 3.86. The van der Waals surface area contributed by atoms with Crippen LogP contribution in [0.2, 0.25) is 10.0 Å². The van der Waals surface area contributed by atoms with E-state index in [1.807, 2.05) is 38.1 Å². The molecular weight excluding hydrogens is 545 g/mol. The van der Waals surface area contributed by atoms with Crippen LogP contribution in [0, 0.1) is 6.92 Å². The third-order valence-electron chi connectivity index (χ3n) is 6.11. The lowest BCUT2D eigenvalue weighted by molar-refractivity contribution is -0.139. The average molecular weight is 577 g/mol. The Kier molecular flexibility index (Phi) is 10.2. The molecule has 0 bridgehead atoms. The van der Waals surface area contributed by atoms with E-state index in [0.717, 1.165) is 21.9 Å². The molecule has 0 aliphatic heterocycles. The fraction of sp³-hybridized carbons (Fsp3) is 0.286. The summed E-state index contributed by atoms with van der Waals surface area (Å²) in [5.74, 6) is -0.894. The zero-order valence-electron chi connectivity index (χ0n) is 21.5. The number of rotatable bonds is 11. The number of hydrogen-bond acceptors (Lipinski definition) is 4. The second-order valence-electron chi connectivity index (χ2n) is 8.84. The maximum Gasteiger partial charge on any atom is 0.264 e. The minimum atomic E-state index is -4.22. The maximum absolute atomic E-state index is 13.9. The smallest absolute Gasteiger partial charge is 0.264 e. The fourth-order valence-corrected chi connectivity index (χ4v) is 5.74. The molecular formula is C28H31Cl2N3O4S. The van der Waals surface area contributed by atoms with Gasteiger partial charge in [0, 0.05) is 18.1 Å². The van der Waals surface area contributed by atoms with Gasteiger partial charge in [-0.05, 0) is 61.7 Å². The van der Waals surface area contributed by atoms with E-state index < -0.39 is 28.5 Å². The van der Waals surface area contributed by atoms with Crippen LogP contribution < -0.4 is 9.62 Å². The van der Waals surface area contributed by atoms with E-state index in [2.05, 4.69) is 5.32 Å². The number of amides is 2. The summed E-state index contributed by atoms with van der Waals surface area (Å²) in [7, 11) is -4.22. The molecule has 0 radical (unpaired) electrons. The van der Waals surface area contributed by atoms with Crippen LogP contribution in [0.1, 0.15) is 31.4 Å². The SMILES string of the molecule is CCCNC(=O)[C@@H](C)N(Cc1ccccc1C)C(=O)CN(c1cc(Cl)ccc1Cl)S(=O)(=O)c1ccccc1. The Morgan fingerprint density at radius 1 is 0.974 bits per heavy atom. The largest absolute Gasteiger partial charge is 0.354 e. The van der Waals surface area contributed by atoms with E-state index in [4.69, 9.17) is 23.2 Å². The lowest BCUT2D eigenvalue weighted by Crippen LogP contribution is -2.51. The minimum absolute atomic E-state index is 0.0111. The van der Waals surface area contributed by atoms with E-state index in [-0.39, 0.29) is 33.1 Å². The Morgan fingerprint density at radius 2 is 1.63 bits per heavy atom. The van der Waals surface area contributed by atoms with Gasteiger partial charge in [0.25, 0.3) is 10.0 Å². The number of sulfonamides is 1. The number of nitrogens with one attached hydrogen (secondary N) is 1. The molecule has 2 amide bonds. The van der Waals surface area contributed by atoms with E-state index >= 15 is 0 Å². The van der Waals surface area contributed by atoms with Crippen LogP contribution >= 0.6 is 23.2 Å². The van der Waals surface area contributed by atoms with Crippen molar-refractivity contribution in [1.29, 1.82) is 0 Å². The molecule has 0 saturated carbocycles. The highest BCUT2D eigenvalue weighted by Crippen LogP contribution is 2.33. The second kappa shape index (κ2) is 13.1. The van der Waals surface area contributed by atoms with Gasteiger partial charge < -0.3 is 10.2 Å². The molecule has 3 aromatic carbocycles. The molecule has 0 aliphatic rings. The Morgan fingerprint density at radius 3 is 2.29 bits per heavy atom. The highest BCUT2D eigenvalue weighted by atomic mass is 35.5. The van der Waals surface area contributed by atoms with Crippen LogP contribution in [0.5, 0.6) is 0 Å². The van der Waals surface area contributed by atoms with E-state index in [0.29, 0.717) is 6.54 Å². The van der Waals surface area contributed by atoms with Gasteiger partial charge in [-0.15, -0.1) is 0 Å². The first-order chi connectivity index (χ1) is 18.1. The summed E-state index contributed by atoms with van der Waals surface area (Å²) in [5, 5.41) is 3.19. The zero-order valence-corrected chi connectivity index (χ0v) is 23.9. The molecule has 1 N–H and O–H groups in total. The third-order valence-corrected chi connectivity index (χ3v) is 8.43. The number of nitrogens with zero attached hydrogens (tertiary/aromatic N) is 2. The number of carbonyl (C=O) groups is 2. The highest BCUT2D eigenvalue weighted by molar-refractivity contribution is 7.92. The van der Waals surface area contributed by atoms with Crippen molar-refractivity contribution in [2.24, 2.45) is 0 Å². The first-order valence-corrected chi connectivity index (χ1v) is 14.4. The Labute approximate surface area is 234 Å². The lowest BCUT2D eigenvalue weighted by atomic mass is 10.1. The van der Waals surface area contributed by atoms with Gasteiger partial charge in [-0.3, -0.25) is 13.9 Å². The van der Waals surface area contributed by atoms with Gasteiger partial charge in [0.1, 0.15) is 12.6 Å². The van der Waals surface area contributed by atoms with Gasteiger partial charge >= 0.3 is 0 Å². The average Bonchev–Trinajstić information content (AvgIpc) is 2.91. The van der Waals surface area contributed by atoms with Crippen LogP contribution in [-0.2, 0) is 26.2 Å².